The molecular weight excluding hydrogens is 687 g/mol. The van der Waals surface area contributed by atoms with E-state index in [2.05, 4.69) is 193 Å². The summed E-state index contributed by atoms with van der Waals surface area (Å²) in [5.74, 6) is 0. The second kappa shape index (κ2) is 10.6. The van der Waals surface area contributed by atoms with Crippen molar-refractivity contribution in [2.75, 3.05) is 0 Å². The Bertz CT molecular complexity index is 3460. The van der Waals surface area contributed by atoms with E-state index in [0.717, 1.165) is 0 Å². The maximum atomic E-state index is 2.64. The van der Waals surface area contributed by atoms with Crippen LogP contribution in [0.1, 0.15) is 79.0 Å². The number of aromatic nitrogens is 2. The molecule has 2 aromatic heterocycles. The van der Waals surface area contributed by atoms with E-state index in [0.29, 0.717) is 0 Å². The zero-order chi connectivity index (χ0) is 39.1. The van der Waals surface area contributed by atoms with E-state index in [1.54, 1.807) is 0 Å². The highest BCUT2D eigenvalue weighted by atomic mass is 15.0. The number of benzene rings is 8. The minimum Gasteiger partial charge on any atom is -0.310 e. The summed E-state index contributed by atoms with van der Waals surface area (Å²) in [6.45, 7) is 21.2. The molecule has 0 saturated heterocycles. The molecule has 0 fully saturated rings. The van der Waals surface area contributed by atoms with Crippen molar-refractivity contribution in [2.24, 2.45) is 0 Å². The van der Waals surface area contributed by atoms with Crippen LogP contribution < -0.4 is 16.4 Å². The quantitative estimate of drug-likeness (QED) is 0.108. The van der Waals surface area contributed by atoms with Crippen molar-refractivity contribution < 1.29 is 0 Å². The lowest BCUT2D eigenvalue weighted by Gasteiger charge is -2.34. The number of hydrogen-bond acceptors (Lipinski definition) is 0. The molecule has 0 aliphatic carbocycles. The molecule has 0 amide bonds. The summed E-state index contributed by atoms with van der Waals surface area (Å²) in [4.78, 5) is 0. The highest BCUT2D eigenvalue weighted by Gasteiger charge is 2.42. The Labute approximate surface area is 334 Å². The maximum absolute atomic E-state index is 2.64. The second-order valence-corrected chi connectivity index (χ2v) is 20.2. The lowest BCUT2D eigenvalue weighted by atomic mass is 9.34. The zero-order valence-corrected chi connectivity index (χ0v) is 34.5. The van der Waals surface area contributed by atoms with Crippen LogP contribution in [0.5, 0.6) is 0 Å². The Morgan fingerprint density at radius 1 is 0.368 bits per heavy atom. The van der Waals surface area contributed by atoms with Crippen LogP contribution >= 0.6 is 0 Å². The van der Waals surface area contributed by atoms with Gasteiger partial charge in [0, 0.05) is 43.8 Å². The first-order valence-corrected chi connectivity index (χ1v) is 20.8. The zero-order valence-electron chi connectivity index (χ0n) is 34.5. The molecule has 2 aliphatic heterocycles. The van der Waals surface area contributed by atoms with Crippen molar-refractivity contribution in [3.63, 3.8) is 0 Å². The van der Waals surface area contributed by atoms with Crippen LogP contribution in [0.4, 0.5) is 0 Å². The normalized spacial score (nSPS) is 14.0. The summed E-state index contributed by atoms with van der Waals surface area (Å²) in [5.41, 5.74) is 16.3. The van der Waals surface area contributed by atoms with E-state index in [9.17, 15) is 0 Å². The molecule has 8 aromatic carbocycles. The Morgan fingerprint density at radius 3 is 1.47 bits per heavy atom. The molecule has 0 saturated carbocycles. The smallest absolute Gasteiger partial charge is 0.252 e. The highest BCUT2D eigenvalue weighted by molar-refractivity contribution is 7.00. The number of fused-ring (bicyclic) bond motifs is 17. The Hall–Kier alpha value is -5.80. The van der Waals surface area contributed by atoms with E-state index in [-0.39, 0.29) is 23.0 Å². The van der Waals surface area contributed by atoms with E-state index >= 15 is 0 Å². The second-order valence-electron chi connectivity index (χ2n) is 20.2. The van der Waals surface area contributed by atoms with Crippen LogP contribution in [0.15, 0.2) is 121 Å². The third-order valence-corrected chi connectivity index (χ3v) is 13.7. The molecule has 0 atom stereocenters. The van der Waals surface area contributed by atoms with Gasteiger partial charge in [0.25, 0.3) is 6.71 Å². The Morgan fingerprint density at radius 2 is 0.860 bits per heavy atom. The number of hydrogen-bond donors (Lipinski definition) is 0. The summed E-state index contributed by atoms with van der Waals surface area (Å²) in [7, 11) is 0. The predicted molar refractivity (Wildman–Crippen MR) is 248 cm³/mol. The molecule has 0 bridgehead atoms. The third kappa shape index (κ3) is 4.22. The monoisotopic (exact) mass is 734 g/mol. The minimum absolute atomic E-state index is 0.0119. The van der Waals surface area contributed by atoms with Crippen LogP contribution in [0.2, 0.25) is 0 Å². The summed E-state index contributed by atoms with van der Waals surface area (Å²) < 4.78 is 5.26. The predicted octanol–water partition coefficient (Wildman–Crippen LogP) is 12.4. The van der Waals surface area contributed by atoms with Crippen molar-refractivity contribution in [1.29, 1.82) is 0 Å². The van der Waals surface area contributed by atoms with E-state index in [4.69, 9.17) is 0 Å². The minimum atomic E-state index is -0.0265. The van der Waals surface area contributed by atoms with E-state index in [1.807, 2.05) is 0 Å². The van der Waals surface area contributed by atoms with Gasteiger partial charge in [-0.3, -0.25) is 0 Å². The molecule has 276 valence electrons. The largest absolute Gasteiger partial charge is 0.310 e. The molecule has 0 N–H and O–H groups in total. The van der Waals surface area contributed by atoms with E-state index in [1.165, 1.54) is 120 Å². The van der Waals surface area contributed by atoms with Gasteiger partial charge in [0.05, 0.1) is 16.6 Å². The molecule has 0 spiro atoms. The lowest BCUT2D eigenvalue weighted by Crippen LogP contribution is -2.59. The Balaban J connectivity index is 1.35. The molecule has 12 rings (SSSR count). The SMILES string of the molecule is CC(C)(C)c1ccc2c(c1)c1cc(C(C)(C)C)cc3c1n2-c1cccc2c1B3c1cc3c4ccccc4c4ccccc4c3c3c4cc(C(C)(C)C)ccc4n-2c13. The molecule has 57 heavy (non-hydrogen) atoms. The van der Waals surface area contributed by atoms with Crippen LogP contribution in [0, 0.1) is 0 Å². The number of rotatable bonds is 0. The van der Waals surface area contributed by atoms with Gasteiger partial charge < -0.3 is 9.13 Å². The Kier molecular flexibility index (Phi) is 6.19. The third-order valence-electron chi connectivity index (χ3n) is 13.7. The molecule has 2 nitrogen and oxygen atoms in total. The standard InChI is InChI=1S/C54H47BN2/c1-52(2,3)30-21-23-43-37(25-30)39-27-32(54(7,8)9)28-41-50(39)56(43)45-19-14-20-46-49(45)55(41)42-29-38-35-17-11-10-15-33(35)34-16-12-13-18-36(34)47(38)48-40-26-31(53(4,5)6)22-24-44(40)57(46)51(42)48/h10-29H,1-9H3. The fourth-order valence-corrected chi connectivity index (χ4v) is 10.8. The lowest BCUT2D eigenvalue weighted by molar-refractivity contribution is 0.590. The molecule has 3 heteroatoms. The van der Waals surface area contributed by atoms with Crippen LogP contribution in [0.3, 0.4) is 0 Å². The first kappa shape index (κ1) is 33.4. The molecule has 4 heterocycles. The van der Waals surface area contributed by atoms with Gasteiger partial charge in [0.15, 0.2) is 0 Å². The first-order chi connectivity index (χ1) is 27.2. The molecule has 2 aliphatic rings. The average Bonchev–Trinajstić information content (AvgIpc) is 3.70. The summed E-state index contributed by atoms with van der Waals surface area (Å²) in [6, 6.07) is 47.6. The number of nitrogens with zero attached hydrogens (tertiary/aromatic N) is 2. The van der Waals surface area contributed by atoms with Crippen molar-refractivity contribution in [3.05, 3.63) is 138 Å². The molecule has 0 radical (unpaired) electrons. The molecular formula is C54H47BN2. The van der Waals surface area contributed by atoms with Crippen LogP contribution in [-0.4, -0.2) is 15.8 Å². The van der Waals surface area contributed by atoms with Gasteiger partial charge in [0.2, 0.25) is 0 Å². The fourth-order valence-electron chi connectivity index (χ4n) is 10.8. The van der Waals surface area contributed by atoms with Crippen LogP contribution in [0.25, 0.3) is 87.3 Å². The van der Waals surface area contributed by atoms with Crippen molar-refractivity contribution in [1.82, 2.24) is 9.13 Å². The average molecular weight is 735 g/mol. The fraction of sp³-hybridized carbons (Fsp3) is 0.222. The first-order valence-electron chi connectivity index (χ1n) is 20.8. The molecule has 0 unspecified atom stereocenters. The topological polar surface area (TPSA) is 9.86 Å². The van der Waals surface area contributed by atoms with Crippen molar-refractivity contribution >= 4 is 99.0 Å². The van der Waals surface area contributed by atoms with Gasteiger partial charge >= 0.3 is 0 Å². The highest BCUT2D eigenvalue weighted by Crippen LogP contribution is 2.46. The van der Waals surface area contributed by atoms with Gasteiger partial charge in [-0.1, -0.05) is 141 Å². The van der Waals surface area contributed by atoms with Crippen LogP contribution in [-0.2, 0) is 16.2 Å². The van der Waals surface area contributed by atoms with Gasteiger partial charge in [-0.2, -0.15) is 0 Å². The summed E-state index contributed by atoms with van der Waals surface area (Å²) in [5, 5.41) is 13.4. The van der Waals surface area contributed by atoms with Gasteiger partial charge in [0.1, 0.15) is 0 Å². The van der Waals surface area contributed by atoms with Gasteiger partial charge in [-0.05, 0) is 119 Å². The summed E-state index contributed by atoms with van der Waals surface area (Å²) >= 11 is 0. The maximum Gasteiger partial charge on any atom is 0.252 e. The molecule has 10 aromatic rings. The van der Waals surface area contributed by atoms with Gasteiger partial charge in [-0.25, -0.2) is 0 Å². The van der Waals surface area contributed by atoms with Crippen molar-refractivity contribution in [3.8, 4) is 11.4 Å². The van der Waals surface area contributed by atoms with E-state index < -0.39 is 0 Å². The summed E-state index contributed by atoms with van der Waals surface area (Å²) in [6.07, 6.45) is 0. The van der Waals surface area contributed by atoms with Gasteiger partial charge in [-0.15, -0.1) is 0 Å². The van der Waals surface area contributed by atoms with Crippen molar-refractivity contribution in [2.45, 2.75) is 78.6 Å².